The monoisotopic (exact) mass is 414 g/mol. The molecule has 6 nitrogen and oxygen atoms in total. The maximum absolute atomic E-state index is 12.1. The lowest BCUT2D eigenvalue weighted by atomic mass is 10.1. The fourth-order valence-electron chi connectivity index (χ4n) is 2.43. The molecule has 0 bridgehead atoms. The van der Waals surface area contributed by atoms with Crippen LogP contribution in [0.5, 0.6) is 0 Å². The van der Waals surface area contributed by atoms with Gasteiger partial charge in [0.05, 0.1) is 5.75 Å². The first-order chi connectivity index (χ1) is 13.8. The Morgan fingerprint density at radius 1 is 0.966 bits per heavy atom. The highest BCUT2D eigenvalue weighted by Gasteiger charge is 2.18. The Hall–Kier alpha value is -2.80. The summed E-state index contributed by atoms with van der Waals surface area (Å²) in [5, 5.41) is 4.95. The van der Waals surface area contributed by atoms with Crippen LogP contribution >= 0.6 is 11.8 Å². The van der Waals surface area contributed by atoms with Crippen molar-refractivity contribution in [2.75, 3.05) is 23.0 Å². The van der Waals surface area contributed by atoms with Gasteiger partial charge in [0.2, 0.25) is 5.91 Å². The summed E-state index contributed by atoms with van der Waals surface area (Å²) in [6.07, 6.45) is 0. The largest absolute Gasteiger partial charge is 0.455 e. The first-order valence-electron chi connectivity index (χ1n) is 9.27. The van der Waals surface area contributed by atoms with Crippen molar-refractivity contribution < 1.29 is 19.1 Å². The number of hydrogen-bond acceptors (Lipinski definition) is 5. The van der Waals surface area contributed by atoms with Crippen LogP contribution in [-0.2, 0) is 19.1 Å². The van der Waals surface area contributed by atoms with E-state index >= 15 is 0 Å². The number of carbonyl (C=O) groups is 3. The molecule has 0 aliphatic heterocycles. The molecule has 2 aromatic rings. The molecule has 2 amide bonds. The van der Waals surface area contributed by atoms with Gasteiger partial charge in [-0.15, -0.1) is 11.8 Å². The summed E-state index contributed by atoms with van der Waals surface area (Å²) in [5.41, 5.74) is 4.54. The molecule has 0 heterocycles. The fraction of sp³-hybridized carbons (Fsp3) is 0.318. The first kappa shape index (κ1) is 22.5. The number of amides is 2. The summed E-state index contributed by atoms with van der Waals surface area (Å²) < 4.78 is 5.07. The summed E-state index contributed by atoms with van der Waals surface area (Å²) in [6, 6.07) is 13.1. The maximum atomic E-state index is 12.1. The van der Waals surface area contributed by atoms with Crippen molar-refractivity contribution in [1.29, 1.82) is 0 Å². The molecule has 0 aliphatic carbocycles. The van der Waals surface area contributed by atoms with Crippen LogP contribution in [0.15, 0.2) is 42.5 Å². The molecule has 0 fully saturated rings. The molecule has 2 aromatic carbocycles. The van der Waals surface area contributed by atoms with Crippen LogP contribution in [0.4, 0.5) is 11.4 Å². The number of aryl methyl sites for hydroxylation is 2. The van der Waals surface area contributed by atoms with Crippen molar-refractivity contribution in [2.24, 2.45) is 0 Å². The Morgan fingerprint density at radius 2 is 1.66 bits per heavy atom. The van der Waals surface area contributed by atoms with E-state index in [1.165, 1.54) is 0 Å². The molecule has 154 valence electrons. The molecule has 0 saturated carbocycles. The van der Waals surface area contributed by atoms with Crippen molar-refractivity contribution in [3.05, 3.63) is 59.2 Å². The van der Waals surface area contributed by atoms with E-state index in [0.717, 1.165) is 28.5 Å². The van der Waals surface area contributed by atoms with Gasteiger partial charge >= 0.3 is 5.97 Å². The molecule has 0 radical (unpaired) electrons. The van der Waals surface area contributed by atoms with Gasteiger partial charge in [0.25, 0.3) is 5.91 Å². The van der Waals surface area contributed by atoms with Crippen LogP contribution in [-0.4, -0.2) is 35.4 Å². The quantitative estimate of drug-likeness (QED) is 0.641. The molecule has 7 heteroatoms. The molecular weight excluding hydrogens is 388 g/mol. The Labute approximate surface area is 175 Å². The van der Waals surface area contributed by atoms with Crippen LogP contribution in [0.1, 0.15) is 23.6 Å². The summed E-state index contributed by atoms with van der Waals surface area (Å²) >= 11 is 1.16. The number of anilines is 2. The Morgan fingerprint density at radius 3 is 2.34 bits per heavy atom. The van der Waals surface area contributed by atoms with E-state index < -0.39 is 17.1 Å². The topological polar surface area (TPSA) is 84.5 Å². The van der Waals surface area contributed by atoms with Crippen LogP contribution in [0, 0.1) is 20.8 Å². The third kappa shape index (κ3) is 7.27. The lowest BCUT2D eigenvalue weighted by Crippen LogP contribution is -2.26. The van der Waals surface area contributed by atoms with E-state index in [0.29, 0.717) is 11.4 Å². The fourth-order valence-corrected chi connectivity index (χ4v) is 3.11. The zero-order valence-corrected chi connectivity index (χ0v) is 17.9. The van der Waals surface area contributed by atoms with E-state index in [1.807, 2.05) is 57.2 Å². The van der Waals surface area contributed by atoms with Crippen LogP contribution in [0.25, 0.3) is 0 Å². The second kappa shape index (κ2) is 10.7. The van der Waals surface area contributed by atoms with Crippen molar-refractivity contribution >= 4 is 40.9 Å². The van der Waals surface area contributed by atoms with Crippen molar-refractivity contribution in [3.63, 3.8) is 0 Å². The molecule has 2 N–H and O–H groups in total. The predicted molar refractivity (Wildman–Crippen MR) is 117 cm³/mol. The molecule has 0 aromatic heterocycles. The standard InChI is InChI=1S/C22H26N2O4S/c1-14-8-10-18(11-9-14)23-21(26)13-29-17(4)22(27)28-12-20(25)24-19-7-5-6-15(2)16(19)3/h5-11,17H,12-13H2,1-4H3,(H,23,26)(H,24,25). The number of nitrogens with one attached hydrogen (secondary N) is 2. The third-order valence-corrected chi connectivity index (χ3v) is 5.48. The number of hydrogen-bond donors (Lipinski definition) is 2. The van der Waals surface area contributed by atoms with Gasteiger partial charge in [-0.3, -0.25) is 14.4 Å². The van der Waals surface area contributed by atoms with Crippen LogP contribution < -0.4 is 10.6 Å². The number of esters is 1. The second-order valence-corrected chi connectivity index (χ2v) is 8.10. The summed E-state index contributed by atoms with van der Waals surface area (Å²) in [7, 11) is 0. The minimum absolute atomic E-state index is 0.110. The average molecular weight is 415 g/mol. The number of rotatable bonds is 8. The second-order valence-electron chi connectivity index (χ2n) is 6.77. The number of thioether (sulfide) groups is 1. The third-order valence-electron chi connectivity index (χ3n) is 4.36. The van der Waals surface area contributed by atoms with Gasteiger partial charge in [0.1, 0.15) is 5.25 Å². The highest BCUT2D eigenvalue weighted by Crippen LogP contribution is 2.18. The van der Waals surface area contributed by atoms with Crippen molar-refractivity contribution in [3.8, 4) is 0 Å². The molecule has 1 atom stereocenters. The zero-order valence-electron chi connectivity index (χ0n) is 17.1. The lowest BCUT2D eigenvalue weighted by Gasteiger charge is -2.13. The van der Waals surface area contributed by atoms with Crippen LogP contribution in [0.2, 0.25) is 0 Å². The molecule has 29 heavy (non-hydrogen) atoms. The summed E-state index contributed by atoms with van der Waals surface area (Å²) in [6.45, 7) is 7.12. The van der Waals surface area contributed by atoms with Gasteiger partial charge in [0.15, 0.2) is 6.61 Å². The normalized spacial score (nSPS) is 11.4. The van der Waals surface area contributed by atoms with E-state index in [9.17, 15) is 14.4 Å². The number of benzene rings is 2. The van der Waals surface area contributed by atoms with E-state index in [4.69, 9.17) is 4.74 Å². The van der Waals surface area contributed by atoms with Gasteiger partial charge < -0.3 is 15.4 Å². The smallest absolute Gasteiger partial charge is 0.319 e. The van der Waals surface area contributed by atoms with Gasteiger partial charge in [0, 0.05) is 11.4 Å². The van der Waals surface area contributed by atoms with Gasteiger partial charge in [-0.2, -0.15) is 0 Å². The van der Waals surface area contributed by atoms with Gasteiger partial charge in [-0.05, 0) is 57.0 Å². The molecule has 2 rings (SSSR count). The van der Waals surface area contributed by atoms with E-state index in [1.54, 1.807) is 13.0 Å². The van der Waals surface area contributed by atoms with Gasteiger partial charge in [-0.1, -0.05) is 29.8 Å². The van der Waals surface area contributed by atoms with Crippen molar-refractivity contribution in [2.45, 2.75) is 32.9 Å². The SMILES string of the molecule is Cc1ccc(NC(=O)CSC(C)C(=O)OCC(=O)Nc2cccc(C)c2C)cc1. The predicted octanol–water partition coefficient (Wildman–Crippen LogP) is 3.85. The zero-order chi connectivity index (χ0) is 21.4. The molecule has 0 saturated heterocycles. The molecular formula is C22H26N2O4S. The summed E-state index contributed by atoms with van der Waals surface area (Å²) in [5.74, 6) is -1.03. The molecule has 0 spiro atoms. The van der Waals surface area contributed by atoms with Crippen LogP contribution in [0.3, 0.4) is 0 Å². The molecule has 1 unspecified atom stereocenters. The molecule has 0 aliphatic rings. The van der Waals surface area contributed by atoms with E-state index in [2.05, 4.69) is 10.6 Å². The van der Waals surface area contributed by atoms with E-state index in [-0.39, 0.29) is 18.3 Å². The summed E-state index contributed by atoms with van der Waals surface area (Å²) in [4.78, 5) is 36.1. The number of ether oxygens (including phenoxy) is 1. The minimum Gasteiger partial charge on any atom is -0.455 e. The highest BCUT2D eigenvalue weighted by molar-refractivity contribution is 8.01. The Balaban J connectivity index is 1.72. The van der Waals surface area contributed by atoms with Gasteiger partial charge in [-0.25, -0.2) is 0 Å². The Bertz CT molecular complexity index is 881. The van der Waals surface area contributed by atoms with Crippen molar-refractivity contribution in [1.82, 2.24) is 0 Å². The average Bonchev–Trinajstić information content (AvgIpc) is 2.69. The lowest BCUT2D eigenvalue weighted by molar-refractivity contribution is -0.146. The Kier molecular flexibility index (Phi) is 8.27. The minimum atomic E-state index is -0.563. The number of carbonyl (C=O) groups excluding carboxylic acids is 3. The first-order valence-corrected chi connectivity index (χ1v) is 10.3. The maximum Gasteiger partial charge on any atom is 0.319 e. The highest BCUT2D eigenvalue weighted by atomic mass is 32.2.